The van der Waals surface area contributed by atoms with Crippen molar-refractivity contribution in [1.29, 1.82) is 0 Å². The molecule has 0 fully saturated rings. The summed E-state index contributed by atoms with van der Waals surface area (Å²) in [6.07, 6.45) is 0. The first kappa shape index (κ1) is 12.4. The van der Waals surface area contributed by atoms with Crippen LogP contribution in [0.2, 0.25) is 5.15 Å². The molecule has 5 nitrogen and oxygen atoms in total. The van der Waals surface area contributed by atoms with Gasteiger partial charge in [0.25, 0.3) is 5.56 Å². The first-order chi connectivity index (χ1) is 8.49. The van der Waals surface area contributed by atoms with Crippen LogP contribution < -0.4 is 16.1 Å². The Morgan fingerprint density at radius 3 is 2.56 bits per heavy atom. The molecule has 1 heterocycles. The quantitative estimate of drug-likeness (QED) is 0.832. The van der Waals surface area contributed by atoms with E-state index in [9.17, 15) is 9.59 Å². The van der Waals surface area contributed by atoms with Crippen LogP contribution in [0.1, 0.15) is 0 Å². The summed E-state index contributed by atoms with van der Waals surface area (Å²) in [5, 5.41) is 0.0324. The summed E-state index contributed by atoms with van der Waals surface area (Å²) in [6, 6.07) is 8.29. The van der Waals surface area contributed by atoms with Crippen LogP contribution in [0, 0.1) is 0 Å². The monoisotopic (exact) mass is 265 g/mol. The number of rotatable bonds is 2. The van der Waals surface area contributed by atoms with Crippen molar-refractivity contribution < 1.29 is 0 Å². The maximum atomic E-state index is 11.8. The van der Waals surface area contributed by atoms with E-state index in [4.69, 9.17) is 11.6 Å². The number of anilines is 1. The molecule has 0 aliphatic heterocycles. The molecular weight excluding hydrogens is 254 g/mol. The van der Waals surface area contributed by atoms with Gasteiger partial charge in [0, 0.05) is 25.8 Å². The first-order valence-corrected chi connectivity index (χ1v) is 5.66. The zero-order valence-corrected chi connectivity index (χ0v) is 10.7. The third-order valence-corrected chi connectivity index (χ3v) is 2.71. The smallest absolute Gasteiger partial charge is 0.334 e. The fourth-order valence-corrected chi connectivity index (χ4v) is 1.80. The largest absolute Gasteiger partial charge is 0.378 e. The fourth-order valence-electron chi connectivity index (χ4n) is 1.62. The first-order valence-electron chi connectivity index (χ1n) is 5.28. The van der Waals surface area contributed by atoms with Gasteiger partial charge in [-0.15, -0.1) is 0 Å². The summed E-state index contributed by atoms with van der Waals surface area (Å²) < 4.78 is 1.04. The van der Waals surface area contributed by atoms with Gasteiger partial charge in [-0.1, -0.05) is 17.7 Å². The molecule has 0 atom stereocenters. The van der Waals surface area contributed by atoms with Crippen molar-refractivity contribution in [2.75, 3.05) is 19.0 Å². The Morgan fingerprint density at radius 2 is 1.94 bits per heavy atom. The molecule has 0 spiro atoms. The van der Waals surface area contributed by atoms with Crippen LogP contribution >= 0.6 is 11.6 Å². The number of benzene rings is 1. The van der Waals surface area contributed by atoms with Crippen LogP contribution in [-0.2, 0) is 0 Å². The van der Waals surface area contributed by atoms with Gasteiger partial charge in [0.1, 0.15) is 5.15 Å². The lowest BCUT2D eigenvalue weighted by atomic mass is 10.2. The topological polar surface area (TPSA) is 58.1 Å². The van der Waals surface area contributed by atoms with E-state index in [1.807, 2.05) is 25.1 Å². The Balaban J connectivity index is 2.66. The number of nitrogens with zero attached hydrogens (tertiary/aromatic N) is 2. The highest BCUT2D eigenvalue weighted by atomic mass is 35.5. The molecule has 0 saturated heterocycles. The Hall–Kier alpha value is -2.01. The molecule has 0 bridgehead atoms. The number of halogens is 1. The van der Waals surface area contributed by atoms with Gasteiger partial charge in [-0.2, -0.15) is 0 Å². The highest BCUT2D eigenvalue weighted by molar-refractivity contribution is 6.29. The third kappa shape index (κ3) is 2.31. The van der Waals surface area contributed by atoms with E-state index in [0.29, 0.717) is 5.69 Å². The summed E-state index contributed by atoms with van der Waals surface area (Å²) >= 11 is 5.61. The zero-order valence-electron chi connectivity index (χ0n) is 9.98. The molecule has 1 N–H and O–H groups in total. The van der Waals surface area contributed by atoms with Gasteiger partial charge in [0.05, 0.1) is 5.69 Å². The summed E-state index contributed by atoms with van der Waals surface area (Å²) in [4.78, 5) is 27.8. The lowest BCUT2D eigenvalue weighted by Gasteiger charge is -2.13. The summed E-state index contributed by atoms with van der Waals surface area (Å²) in [6.45, 7) is 0. The summed E-state index contributed by atoms with van der Waals surface area (Å²) in [7, 11) is 3.77. The van der Waals surface area contributed by atoms with E-state index in [1.165, 1.54) is 6.07 Å². The molecule has 18 heavy (non-hydrogen) atoms. The van der Waals surface area contributed by atoms with E-state index in [1.54, 1.807) is 18.2 Å². The number of aromatic amines is 1. The molecule has 0 radical (unpaired) electrons. The van der Waals surface area contributed by atoms with E-state index in [2.05, 4.69) is 4.98 Å². The molecule has 1 aromatic heterocycles. The predicted octanol–water partition coefficient (Wildman–Crippen LogP) is 1.25. The average Bonchev–Trinajstić information content (AvgIpc) is 2.28. The second-order valence-electron chi connectivity index (χ2n) is 4.01. The van der Waals surface area contributed by atoms with Crippen molar-refractivity contribution >= 4 is 17.3 Å². The van der Waals surface area contributed by atoms with Gasteiger partial charge in [-0.3, -0.25) is 9.78 Å². The average molecular weight is 266 g/mol. The van der Waals surface area contributed by atoms with Crippen LogP contribution in [0.4, 0.5) is 5.69 Å². The van der Waals surface area contributed by atoms with Crippen LogP contribution in [-0.4, -0.2) is 23.6 Å². The third-order valence-electron chi connectivity index (χ3n) is 2.50. The van der Waals surface area contributed by atoms with Crippen LogP contribution in [0.15, 0.2) is 39.9 Å². The molecule has 6 heteroatoms. The van der Waals surface area contributed by atoms with Gasteiger partial charge in [-0.25, -0.2) is 9.36 Å². The van der Waals surface area contributed by atoms with Crippen LogP contribution in [0.25, 0.3) is 5.69 Å². The molecule has 2 aromatic rings. The number of nitrogens with one attached hydrogen (secondary N) is 1. The van der Waals surface area contributed by atoms with E-state index >= 15 is 0 Å². The summed E-state index contributed by atoms with van der Waals surface area (Å²) in [5.41, 5.74) is 0.390. The summed E-state index contributed by atoms with van der Waals surface area (Å²) in [5.74, 6) is 0. The normalized spacial score (nSPS) is 10.4. The fraction of sp³-hybridized carbons (Fsp3) is 0.167. The van der Waals surface area contributed by atoms with Crippen LogP contribution in [0.3, 0.4) is 0 Å². The van der Waals surface area contributed by atoms with Gasteiger partial charge in [0.2, 0.25) is 0 Å². The van der Waals surface area contributed by atoms with Gasteiger partial charge < -0.3 is 4.90 Å². The predicted molar refractivity (Wildman–Crippen MR) is 72.0 cm³/mol. The minimum Gasteiger partial charge on any atom is -0.378 e. The van der Waals surface area contributed by atoms with Crippen molar-refractivity contribution in [1.82, 2.24) is 9.55 Å². The second kappa shape index (κ2) is 4.70. The van der Waals surface area contributed by atoms with Crippen LogP contribution in [0.5, 0.6) is 0 Å². The number of H-pyrrole nitrogens is 1. The highest BCUT2D eigenvalue weighted by Crippen LogP contribution is 2.14. The molecule has 1 aromatic carbocycles. The number of hydrogen-bond acceptors (Lipinski definition) is 3. The lowest BCUT2D eigenvalue weighted by Crippen LogP contribution is -2.33. The van der Waals surface area contributed by atoms with Gasteiger partial charge in [0.15, 0.2) is 0 Å². The molecule has 0 aliphatic rings. The lowest BCUT2D eigenvalue weighted by molar-refractivity contribution is 0.875. The maximum absolute atomic E-state index is 11.8. The molecule has 0 amide bonds. The molecule has 94 valence electrons. The minimum atomic E-state index is -0.552. The van der Waals surface area contributed by atoms with Gasteiger partial charge in [-0.05, 0) is 18.2 Å². The van der Waals surface area contributed by atoms with Crippen molar-refractivity contribution in [3.8, 4) is 5.69 Å². The molecule has 0 saturated carbocycles. The van der Waals surface area contributed by atoms with Gasteiger partial charge >= 0.3 is 5.69 Å². The van der Waals surface area contributed by atoms with Crippen molar-refractivity contribution in [3.05, 3.63) is 56.3 Å². The molecule has 0 aliphatic carbocycles. The van der Waals surface area contributed by atoms with E-state index in [-0.39, 0.29) is 5.15 Å². The molecule has 0 unspecified atom stereocenters. The SMILES string of the molecule is CN(C)c1cccc(-n2c(=O)cc(Cl)[nH]c2=O)c1. The zero-order chi connectivity index (χ0) is 13.3. The van der Waals surface area contributed by atoms with E-state index < -0.39 is 11.2 Å². The Morgan fingerprint density at radius 1 is 1.22 bits per heavy atom. The maximum Gasteiger partial charge on any atom is 0.334 e. The van der Waals surface area contributed by atoms with Crippen molar-refractivity contribution in [3.63, 3.8) is 0 Å². The molecule has 2 rings (SSSR count). The number of hydrogen-bond donors (Lipinski definition) is 1. The molecular formula is C12H12ClN3O2. The van der Waals surface area contributed by atoms with E-state index in [0.717, 1.165) is 10.3 Å². The Labute approximate surface area is 108 Å². The Kier molecular flexibility index (Phi) is 3.25. The highest BCUT2D eigenvalue weighted by Gasteiger charge is 2.06. The minimum absolute atomic E-state index is 0.0324. The standard InChI is InChI=1S/C12H12ClN3O2/c1-15(2)8-4-3-5-9(6-8)16-11(17)7-10(13)14-12(16)18/h3-7H,1-2H3,(H,14,18). The Bertz CT molecular complexity index is 657. The van der Waals surface area contributed by atoms with Crippen molar-refractivity contribution in [2.24, 2.45) is 0 Å². The number of aromatic nitrogens is 2. The second-order valence-corrected chi connectivity index (χ2v) is 4.42. The van der Waals surface area contributed by atoms with Crippen molar-refractivity contribution in [2.45, 2.75) is 0 Å².